The number of ether oxygens (including phenoxy) is 1. The summed E-state index contributed by atoms with van der Waals surface area (Å²) in [5, 5.41) is 12.5. The van der Waals surface area contributed by atoms with Gasteiger partial charge in [-0.05, 0) is 42.4 Å². The molecule has 1 atom stereocenters. The molecule has 238 valence electrons. The molecule has 0 saturated heterocycles. The molecule has 0 saturated carbocycles. The van der Waals surface area contributed by atoms with Crippen molar-refractivity contribution in [3.63, 3.8) is 0 Å². The topological polar surface area (TPSA) is 110 Å². The van der Waals surface area contributed by atoms with Crippen molar-refractivity contribution in [3.8, 4) is 10.4 Å². The van der Waals surface area contributed by atoms with Crippen LogP contribution in [0, 0.1) is 11.6 Å². The lowest BCUT2D eigenvalue weighted by Crippen LogP contribution is -2.43. The van der Waals surface area contributed by atoms with Crippen LogP contribution >= 0.6 is 11.3 Å². The number of alkyl halides is 3. The lowest BCUT2D eigenvalue weighted by molar-refractivity contribution is -0.141. The van der Waals surface area contributed by atoms with E-state index in [9.17, 15) is 36.6 Å². The molecule has 0 spiro atoms. The second-order valence-electron chi connectivity index (χ2n) is 9.84. The average Bonchev–Trinajstić information content (AvgIpc) is 3.32. The molecular weight excluding hydrogens is 613 g/mol. The number of hydrogen-bond acceptors (Lipinski definition) is 9. The summed E-state index contributed by atoms with van der Waals surface area (Å²) in [6, 6.07) is 9.59. The largest absolute Gasteiger partial charge is 0.406 e. The maximum atomic E-state index is 14.7. The van der Waals surface area contributed by atoms with Crippen LogP contribution in [0.4, 0.5) is 27.6 Å². The van der Waals surface area contributed by atoms with Gasteiger partial charge in [-0.25, -0.2) is 13.6 Å². The van der Waals surface area contributed by atoms with E-state index in [-0.39, 0.29) is 21.3 Å². The monoisotopic (exact) mass is 643 g/mol. The van der Waals surface area contributed by atoms with E-state index in [2.05, 4.69) is 15.6 Å². The first-order chi connectivity index (χ1) is 20.8. The van der Waals surface area contributed by atoms with E-state index in [1.165, 1.54) is 14.2 Å². The molecule has 4 aromatic rings. The minimum atomic E-state index is -4.93. The van der Waals surface area contributed by atoms with Gasteiger partial charge in [0.05, 0.1) is 25.6 Å². The number of halogens is 5. The zero-order valence-corrected chi connectivity index (χ0v) is 24.7. The van der Waals surface area contributed by atoms with Crippen LogP contribution in [0.3, 0.4) is 0 Å². The first-order valence-electron chi connectivity index (χ1n) is 13.1. The molecule has 2 aromatic heterocycles. The van der Waals surface area contributed by atoms with Gasteiger partial charge in [0.15, 0.2) is 0 Å². The Labute approximate surface area is 251 Å². The molecule has 16 heteroatoms. The number of methoxy groups -OCH3 is 1. The van der Waals surface area contributed by atoms with Crippen molar-refractivity contribution in [3.05, 3.63) is 86.1 Å². The van der Waals surface area contributed by atoms with E-state index in [0.717, 1.165) is 34.1 Å². The number of aliphatic hydroxyl groups excluding tert-OH is 1. The highest BCUT2D eigenvalue weighted by Crippen LogP contribution is 2.38. The molecule has 0 bridgehead atoms. The van der Waals surface area contributed by atoms with Crippen molar-refractivity contribution in [2.75, 3.05) is 39.7 Å². The van der Waals surface area contributed by atoms with Crippen molar-refractivity contribution in [2.45, 2.75) is 32.2 Å². The third kappa shape index (κ3) is 7.51. The highest BCUT2D eigenvalue weighted by Gasteiger charge is 2.32. The molecule has 2 heterocycles. The van der Waals surface area contributed by atoms with Crippen LogP contribution in [-0.4, -0.2) is 66.1 Å². The highest BCUT2D eigenvalue weighted by molar-refractivity contribution is 7.22. The van der Waals surface area contributed by atoms with Gasteiger partial charge >= 0.3 is 11.9 Å². The molecule has 4 rings (SSSR count). The van der Waals surface area contributed by atoms with Crippen molar-refractivity contribution < 1.29 is 36.6 Å². The fraction of sp³-hybridized carbons (Fsp3) is 0.357. The van der Waals surface area contributed by atoms with E-state index < -0.39 is 54.1 Å². The molecule has 3 N–H and O–H groups in total. The fourth-order valence-corrected chi connectivity index (χ4v) is 5.92. The van der Waals surface area contributed by atoms with Gasteiger partial charge in [-0.3, -0.25) is 18.8 Å². The molecule has 44 heavy (non-hydrogen) atoms. The van der Waals surface area contributed by atoms with Crippen molar-refractivity contribution in [1.82, 2.24) is 19.5 Å². The van der Waals surface area contributed by atoms with Crippen LogP contribution in [0.25, 0.3) is 20.7 Å². The Morgan fingerprint density at radius 1 is 1.02 bits per heavy atom. The van der Waals surface area contributed by atoms with E-state index >= 15 is 0 Å². The van der Waals surface area contributed by atoms with E-state index in [0.29, 0.717) is 34.8 Å². The number of fused-ring (bicyclic) bond motifs is 1. The maximum absolute atomic E-state index is 14.7. The quantitative estimate of drug-likeness (QED) is 0.115. The third-order valence-corrected chi connectivity index (χ3v) is 7.96. The summed E-state index contributed by atoms with van der Waals surface area (Å²) in [7, 11) is 4.55. The average molecular weight is 644 g/mol. The number of hydrogen-bond donors (Lipinski definition) is 3. The van der Waals surface area contributed by atoms with Crippen LogP contribution in [0.2, 0.25) is 0 Å². The normalized spacial score (nSPS) is 12.8. The summed E-state index contributed by atoms with van der Waals surface area (Å²) in [5.74, 6) is -1.99. The minimum absolute atomic E-state index is 0.0341. The number of likely N-dealkylation sites (N-methyl/N-ethyl adjacent to an activating group) is 1. The van der Waals surface area contributed by atoms with Gasteiger partial charge in [-0.15, -0.1) is 11.3 Å². The molecular formula is C28H30F5N5O5S. The Morgan fingerprint density at radius 2 is 1.68 bits per heavy atom. The first-order valence-corrected chi connectivity index (χ1v) is 14.0. The Bertz CT molecular complexity index is 1700. The molecule has 0 aliphatic heterocycles. The van der Waals surface area contributed by atoms with Gasteiger partial charge in [-0.1, -0.05) is 18.2 Å². The van der Waals surface area contributed by atoms with Gasteiger partial charge in [0, 0.05) is 36.3 Å². The molecule has 0 amide bonds. The highest BCUT2D eigenvalue weighted by atomic mass is 32.1. The number of benzene rings is 2. The Balaban J connectivity index is 1.99. The Morgan fingerprint density at radius 3 is 2.27 bits per heavy atom. The van der Waals surface area contributed by atoms with Crippen LogP contribution in [0.15, 0.2) is 52.1 Å². The van der Waals surface area contributed by atoms with Crippen molar-refractivity contribution in [1.29, 1.82) is 0 Å². The smallest absolute Gasteiger partial charge is 0.383 e. The lowest BCUT2D eigenvalue weighted by Gasteiger charge is -2.18. The summed E-state index contributed by atoms with van der Waals surface area (Å²) >= 11 is 0.947. The molecule has 1 unspecified atom stereocenters. The number of aromatic nitrogens is 2. The summed E-state index contributed by atoms with van der Waals surface area (Å²) in [6.45, 7) is -1.84. The van der Waals surface area contributed by atoms with Gasteiger partial charge in [0.25, 0.3) is 5.56 Å². The van der Waals surface area contributed by atoms with Crippen LogP contribution in [0.5, 0.6) is 0 Å². The second kappa shape index (κ2) is 14.0. The summed E-state index contributed by atoms with van der Waals surface area (Å²) in [4.78, 5) is 34.0. The van der Waals surface area contributed by atoms with Crippen molar-refractivity contribution in [2.24, 2.45) is 0 Å². The van der Waals surface area contributed by atoms with Gasteiger partial charge in [-0.2, -0.15) is 18.7 Å². The third-order valence-electron chi connectivity index (χ3n) is 6.65. The molecule has 0 fully saturated rings. The lowest BCUT2D eigenvalue weighted by atomic mass is 10.1. The minimum Gasteiger partial charge on any atom is -0.383 e. The van der Waals surface area contributed by atoms with E-state index in [1.807, 2.05) is 0 Å². The van der Waals surface area contributed by atoms with E-state index in [1.54, 1.807) is 36.2 Å². The summed E-state index contributed by atoms with van der Waals surface area (Å²) in [5.41, 5.74) is 0.582. The number of hydroxylamine groups is 1. The standard InChI is InChI=1S/C28H30F5N5O5S/c1-36(11-12-42-2)13-19-22-24(39)38(15-28(31,32)33)27(41)37(14-18-20(29)5-4-6-21(18)30)25(22)44-23(19)16-7-9-17(10-8-16)34-26(40)35-43-3/h4-10,26,34-35,40H,11-15H2,1-3H3. The Hall–Kier alpha value is -3.67. The zero-order valence-electron chi connectivity index (χ0n) is 23.9. The number of rotatable bonds is 13. The number of thiophene rings is 1. The number of nitrogens with zero attached hydrogens (tertiary/aromatic N) is 3. The molecule has 0 radical (unpaired) electrons. The molecule has 0 aliphatic carbocycles. The second-order valence-corrected chi connectivity index (χ2v) is 10.8. The first kappa shape index (κ1) is 33.2. The summed E-state index contributed by atoms with van der Waals surface area (Å²) in [6.07, 6.45) is -6.17. The molecule has 0 aliphatic rings. The van der Waals surface area contributed by atoms with Crippen LogP contribution < -0.4 is 22.0 Å². The predicted molar refractivity (Wildman–Crippen MR) is 155 cm³/mol. The van der Waals surface area contributed by atoms with Crippen LogP contribution in [-0.2, 0) is 29.2 Å². The summed E-state index contributed by atoms with van der Waals surface area (Å²) < 4.78 is 76.1. The van der Waals surface area contributed by atoms with Gasteiger partial charge in [0.2, 0.25) is 6.35 Å². The molecule has 10 nitrogen and oxygen atoms in total. The molecule has 2 aromatic carbocycles. The van der Waals surface area contributed by atoms with Crippen molar-refractivity contribution >= 4 is 27.2 Å². The maximum Gasteiger partial charge on any atom is 0.406 e. The number of aliphatic hydroxyl groups is 1. The van der Waals surface area contributed by atoms with Gasteiger partial charge in [0.1, 0.15) is 23.0 Å². The Kier molecular flexibility index (Phi) is 10.5. The number of anilines is 1. The zero-order chi connectivity index (χ0) is 32.2. The predicted octanol–water partition coefficient (Wildman–Crippen LogP) is 3.70. The van der Waals surface area contributed by atoms with Crippen LogP contribution in [0.1, 0.15) is 11.1 Å². The van der Waals surface area contributed by atoms with Gasteiger partial charge < -0.3 is 20.0 Å². The number of nitrogens with one attached hydrogen (secondary N) is 2. The fourth-order valence-electron chi connectivity index (χ4n) is 4.61. The van der Waals surface area contributed by atoms with E-state index in [4.69, 9.17) is 4.74 Å². The SMILES string of the molecule is COCCN(C)Cc1c(-c2ccc(NC(O)NOC)cc2)sc2c1c(=O)n(CC(F)(F)F)c(=O)n2Cc1c(F)cccc1F.